The van der Waals surface area contributed by atoms with Crippen molar-refractivity contribution >= 4 is 22.9 Å². The van der Waals surface area contributed by atoms with Crippen molar-refractivity contribution in [1.29, 1.82) is 0 Å². The minimum absolute atomic E-state index is 0.620. The lowest BCUT2D eigenvalue weighted by atomic mass is 10.1. The maximum Gasteiger partial charge on any atom is 0.190 e. The Bertz CT molecular complexity index is 988. The second kappa shape index (κ2) is 6.37. The van der Waals surface area contributed by atoms with E-state index in [0.717, 1.165) is 28.0 Å². The Balaban J connectivity index is 1.95. The molecule has 2 heterocycles. The monoisotopic (exact) mass is 330 g/mol. The standard InChI is InChI=1S/C19H14N4S/c1-24-19-22-16(14-10-6-3-7-11-14)17-18(23-19)21-15(12-20-17)13-8-4-2-5-9-13/h2-12H,1H3. The molecule has 4 nitrogen and oxygen atoms in total. The smallest absolute Gasteiger partial charge is 0.190 e. The van der Waals surface area contributed by atoms with E-state index in [1.165, 1.54) is 11.8 Å². The van der Waals surface area contributed by atoms with Gasteiger partial charge in [-0.1, -0.05) is 72.4 Å². The lowest BCUT2D eigenvalue weighted by Crippen LogP contribution is -1.98. The number of benzene rings is 2. The van der Waals surface area contributed by atoms with Crippen LogP contribution < -0.4 is 0 Å². The molecule has 4 rings (SSSR count). The molecule has 0 fully saturated rings. The highest BCUT2D eigenvalue weighted by Gasteiger charge is 2.13. The predicted molar refractivity (Wildman–Crippen MR) is 97.8 cm³/mol. The molecular formula is C19H14N4S. The molecule has 0 amide bonds. The largest absolute Gasteiger partial charge is 0.248 e. The first-order valence-corrected chi connectivity index (χ1v) is 8.77. The summed E-state index contributed by atoms with van der Waals surface area (Å²) in [4.78, 5) is 18.5. The second-order valence-corrected chi connectivity index (χ2v) is 5.99. The molecule has 2 aromatic carbocycles. The lowest BCUT2D eigenvalue weighted by molar-refractivity contribution is 0.988. The zero-order valence-electron chi connectivity index (χ0n) is 13.0. The molecule has 2 aromatic heterocycles. The molecule has 0 atom stereocenters. The first kappa shape index (κ1) is 14.8. The molecule has 0 aliphatic carbocycles. The Hall–Kier alpha value is -2.79. The van der Waals surface area contributed by atoms with Crippen LogP contribution in [-0.2, 0) is 0 Å². The fourth-order valence-electron chi connectivity index (χ4n) is 2.53. The highest BCUT2D eigenvalue weighted by molar-refractivity contribution is 7.98. The Morgan fingerprint density at radius 2 is 1.42 bits per heavy atom. The summed E-state index contributed by atoms with van der Waals surface area (Å²) in [5.41, 5.74) is 5.01. The Kier molecular flexibility index (Phi) is 3.92. The van der Waals surface area contributed by atoms with Crippen molar-refractivity contribution in [3.05, 3.63) is 66.9 Å². The van der Waals surface area contributed by atoms with Crippen LogP contribution in [0.3, 0.4) is 0 Å². The van der Waals surface area contributed by atoms with E-state index in [1.54, 1.807) is 6.20 Å². The molecule has 0 N–H and O–H groups in total. The van der Waals surface area contributed by atoms with E-state index in [1.807, 2.05) is 66.9 Å². The summed E-state index contributed by atoms with van der Waals surface area (Å²) < 4.78 is 0. The molecule has 0 aliphatic rings. The fourth-order valence-corrected chi connectivity index (χ4v) is 2.89. The first-order chi connectivity index (χ1) is 11.8. The van der Waals surface area contributed by atoms with Gasteiger partial charge in [0, 0.05) is 11.1 Å². The quantitative estimate of drug-likeness (QED) is 0.409. The van der Waals surface area contributed by atoms with E-state index >= 15 is 0 Å². The Labute approximate surface area is 144 Å². The lowest BCUT2D eigenvalue weighted by Gasteiger charge is -2.08. The number of fused-ring (bicyclic) bond motifs is 1. The first-order valence-electron chi connectivity index (χ1n) is 7.55. The highest BCUT2D eigenvalue weighted by atomic mass is 32.2. The van der Waals surface area contributed by atoms with Gasteiger partial charge in [-0.2, -0.15) is 0 Å². The van der Waals surface area contributed by atoms with Crippen molar-refractivity contribution in [1.82, 2.24) is 19.9 Å². The third-order valence-corrected chi connectivity index (χ3v) is 4.23. The summed E-state index contributed by atoms with van der Waals surface area (Å²) in [6.45, 7) is 0. The third-order valence-electron chi connectivity index (χ3n) is 3.69. The van der Waals surface area contributed by atoms with Crippen molar-refractivity contribution in [2.24, 2.45) is 0 Å². The fraction of sp³-hybridized carbons (Fsp3) is 0.0526. The van der Waals surface area contributed by atoms with E-state index in [4.69, 9.17) is 4.98 Å². The van der Waals surface area contributed by atoms with Gasteiger partial charge in [-0.25, -0.2) is 19.9 Å². The van der Waals surface area contributed by atoms with Crippen LogP contribution in [-0.4, -0.2) is 26.2 Å². The van der Waals surface area contributed by atoms with Gasteiger partial charge in [0.2, 0.25) is 0 Å². The van der Waals surface area contributed by atoms with Gasteiger partial charge in [0.1, 0.15) is 11.2 Å². The normalized spacial score (nSPS) is 10.9. The van der Waals surface area contributed by atoms with E-state index in [-0.39, 0.29) is 0 Å². The number of thioether (sulfide) groups is 1. The van der Waals surface area contributed by atoms with Crippen LogP contribution in [0.25, 0.3) is 33.7 Å². The Morgan fingerprint density at radius 1 is 0.750 bits per heavy atom. The van der Waals surface area contributed by atoms with Crippen molar-refractivity contribution in [3.63, 3.8) is 0 Å². The summed E-state index contributed by atoms with van der Waals surface area (Å²) in [5.74, 6) is 0. The SMILES string of the molecule is CSc1nc(-c2ccccc2)c2ncc(-c3ccccc3)nc2n1. The Morgan fingerprint density at radius 3 is 2.08 bits per heavy atom. The van der Waals surface area contributed by atoms with Gasteiger partial charge in [0.25, 0.3) is 0 Å². The third kappa shape index (κ3) is 2.74. The van der Waals surface area contributed by atoms with Crippen LogP contribution >= 0.6 is 11.8 Å². The van der Waals surface area contributed by atoms with E-state index in [9.17, 15) is 0 Å². The topological polar surface area (TPSA) is 51.6 Å². The van der Waals surface area contributed by atoms with Crippen molar-refractivity contribution in [2.45, 2.75) is 5.16 Å². The molecule has 24 heavy (non-hydrogen) atoms. The molecule has 116 valence electrons. The van der Waals surface area contributed by atoms with Gasteiger partial charge >= 0.3 is 0 Å². The van der Waals surface area contributed by atoms with Gasteiger partial charge in [-0.05, 0) is 6.26 Å². The van der Waals surface area contributed by atoms with Crippen LogP contribution in [0.2, 0.25) is 0 Å². The van der Waals surface area contributed by atoms with E-state index < -0.39 is 0 Å². The average molecular weight is 330 g/mol. The maximum absolute atomic E-state index is 4.71. The van der Waals surface area contributed by atoms with Crippen molar-refractivity contribution in [3.8, 4) is 22.5 Å². The summed E-state index contributed by atoms with van der Waals surface area (Å²) in [5, 5.41) is 0.695. The molecule has 0 bridgehead atoms. The van der Waals surface area contributed by atoms with Crippen LogP contribution in [0.4, 0.5) is 0 Å². The molecule has 0 saturated carbocycles. The minimum Gasteiger partial charge on any atom is -0.248 e. The van der Waals surface area contributed by atoms with Crippen LogP contribution in [0, 0.1) is 0 Å². The molecule has 0 spiro atoms. The summed E-state index contributed by atoms with van der Waals surface area (Å²) in [6.07, 6.45) is 3.75. The van der Waals surface area contributed by atoms with Crippen molar-refractivity contribution in [2.75, 3.05) is 6.26 Å². The summed E-state index contributed by atoms with van der Waals surface area (Å²) >= 11 is 1.50. The van der Waals surface area contributed by atoms with Crippen molar-refractivity contribution < 1.29 is 0 Å². The van der Waals surface area contributed by atoms with Gasteiger partial charge < -0.3 is 0 Å². The molecule has 0 radical (unpaired) electrons. The number of nitrogens with zero attached hydrogens (tertiary/aromatic N) is 4. The molecular weight excluding hydrogens is 316 g/mol. The molecule has 5 heteroatoms. The van der Waals surface area contributed by atoms with Gasteiger partial charge in [-0.15, -0.1) is 0 Å². The number of rotatable bonds is 3. The summed E-state index contributed by atoms with van der Waals surface area (Å²) in [6, 6.07) is 20.0. The van der Waals surface area contributed by atoms with Gasteiger partial charge in [0.15, 0.2) is 10.8 Å². The van der Waals surface area contributed by atoms with E-state index in [2.05, 4.69) is 15.0 Å². The number of aromatic nitrogens is 4. The number of hydrogen-bond acceptors (Lipinski definition) is 5. The maximum atomic E-state index is 4.71. The number of hydrogen-bond donors (Lipinski definition) is 0. The predicted octanol–water partition coefficient (Wildman–Crippen LogP) is 4.48. The zero-order chi connectivity index (χ0) is 16.4. The molecule has 0 aliphatic heterocycles. The summed E-state index contributed by atoms with van der Waals surface area (Å²) in [7, 11) is 0. The van der Waals surface area contributed by atoms with E-state index in [0.29, 0.717) is 10.8 Å². The highest BCUT2D eigenvalue weighted by Crippen LogP contribution is 2.27. The zero-order valence-corrected chi connectivity index (χ0v) is 13.9. The average Bonchev–Trinajstić information content (AvgIpc) is 2.68. The van der Waals surface area contributed by atoms with Crippen LogP contribution in [0.15, 0.2) is 72.0 Å². The molecule has 0 unspecified atom stereocenters. The van der Waals surface area contributed by atoms with Crippen LogP contribution in [0.5, 0.6) is 0 Å². The van der Waals surface area contributed by atoms with Crippen LogP contribution in [0.1, 0.15) is 0 Å². The van der Waals surface area contributed by atoms with Gasteiger partial charge in [0.05, 0.1) is 11.9 Å². The molecule has 0 saturated heterocycles. The second-order valence-electron chi connectivity index (χ2n) is 5.22. The molecule has 4 aromatic rings. The minimum atomic E-state index is 0.620. The van der Waals surface area contributed by atoms with Gasteiger partial charge in [-0.3, -0.25) is 0 Å².